The van der Waals surface area contributed by atoms with Gasteiger partial charge in [0.2, 0.25) is 0 Å². The van der Waals surface area contributed by atoms with Crippen LogP contribution in [0.3, 0.4) is 0 Å². The van der Waals surface area contributed by atoms with Crippen LogP contribution in [0, 0.1) is 0 Å². The van der Waals surface area contributed by atoms with Gasteiger partial charge in [-0.2, -0.15) is 0 Å². The Kier molecular flexibility index (Phi) is 5.50. The van der Waals surface area contributed by atoms with E-state index in [1.54, 1.807) is 6.07 Å². The Balaban J connectivity index is 2.37. The number of thioether (sulfide) groups is 1. The van der Waals surface area contributed by atoms with Crippen LogP contribution < -0.4 is 0 Å². The fourth-order valence-corrected chi connectivity index (χ4v) is 2.99. The molecule has 0 radical (unpaired) electrons. The van der Waals surface area contributed by atoms with Gasteiger partial charge < -0.3 is 14.4 Å². The highest BCUT2D eigenvalue weighted by Gasteiger charge is 2.15. The second-order valence-electron chi connectivity index (χ2n) is 4.59. The smallest absolute Gasteiger partial charge is 0.313 e. The van der Waals surface area contributed by atoms with E-state index in [9.17, 15) is 4.79 Å². The lowest BCUT2D eigenvalue weighted by Gasteiger charge is -2.15. The molecule has 7 heteroatoms. The number of hydrogen-bond donors (Lipinski definition) is 1. The second-order valence-corrected chi connectivity index (χ2v) is 5.97. The van der Waals surface area contributed by atoms with E-state index in [4.69, 9.17) is 21.4 Å². The summed E-state index contributed by atoms with van der Waals surface area (Å²) >= 11 is 7.25. The minimum Gasteiger partial charge on any atom is -0.481 e. The van der Waals surface area contributed by atoms with Crippen LogP contribution in [0.15, 0.2) is 23.4 Å². The highest BCUT2D eigenvalue weighted by Crippen LogP contribution is 2.27. The van der Waals surface area contributed by atoms with Gasteiger partial charge in [-0.3, -0.25) is 4.79 Å². The van der Waals surface area contributed by atoms with Crippen molar-refractivity contribution >= 4 is 40.4 Å². The summed E-state index contributed by atoms with van der Waals surface area (Å²) < 4.78 is 7.54. The third kappa shape index (κ3) is 4.12. The number of aromatic nitrogens is 2. The van der Waals surface area contributed by atoms with E-state index in [1.807, 2.05) is 30.5 Å². The number of imidazole rings is 1. The number of benzene rings is 1. The fraction of sp³-hybridized carbons (Fsp3) is 0.429. The highest BCUT2D eigenvalue weighted by molar-refractivity contribution is 7.99. The van der Waals surface area contributed by atoms with Gasteiger partial charge in [0.1, 0.15) is 0 Å². The number of carboxylic acid groups (broad SMARTS) is 1. The Morgan fingerprint density at radius 2 is 2.33 bits per heavy atom. The maximum atomic E-state index is 10.8. The monoisotopic (exact) mass is 328 g/mol. The number of hydrogen-bond acceptors (Lipinski definition) is 4. The van der Waals surface area contributed by atoms with Crippen LogP contribution in [0.25, 0.3) is 11.0 Å². The number of ether oxygens (including phenoxy) is 1. The summed E-state index contributed by atoms with van der Waals surface area (Å²) in [5.41, 5.74) is 1.69. The lowest BCUT2D eigenvalue weighted by molar-refractivity contribution is -0.133. The van der Waals surface area contributed by atoms with E-state index in [2.05, 4.69) is 4.98 Å². The Labute approximate surface area is 132 Å². The van der Waals surface area contributed by atoms with Crippen LogP contribution in [-0.4, -0.2) is 39.1 Å². The molecular weight excluding hydrogens is 312 g/mol. The Bertz CT molecular complexity index is 644. The van der Waals surface area contributed by atoms with Crippen molar-refractivity contribution in [2.45, 2.75) is 31.7 Å². The number of rotatable bonds is 7. The quantitative estimate of drug-likeness (QED) is 0.790. The van der Waals surface area contributed by atoms with E-state index in [-0.39, 0.29) is 11.9 Å². The average Bonchev–Trinajstić information content (AvgIpc) is 2.74. The van der Waals surface area contributed by atoms with Gasteiger partial charge in [0.05, 0.1) is 29.4 Å². The van der Waals surface area contributed by atoms with E-state index >= 15 is 0 Å². The molecule has 21 heavy (non-hydrogen) atoms. The third-order valence-electron chi connectivity index (χ3n) is 2.89. The lowest BCUT2D eigenvalue weighted by atomic mass is 10.3. The zero-order chi connectivity index (χ0) is 15.4. The second kappa shape index (κ2) is 7.15. The van der Waals surface area contributed by atoms with Crippen LogP contribution in [0.5, 0.6) is 0 Å². The van der Waals surface area contributed by atoms with Crippen molar-refractivity contribution in [2.75, 3.05) is 12.4 Å². The van der Waals surface area contributed by atoms with E-state index in [0.717, 1.165) is 11.0 Å². The first-order valence-corrected chi connectivity index (χ1v) is 7.99. The van der Waals surface area contributed by atoms with Crippen molar-refractivity contribution in [1.82, 2.24) is 9.55 Å². The zero-order valence-corrected chi connectivity index (χ0v) is 13.4. The summed E-state index contributed by atoms with van der Waals surface area (Å²) in [6.45, 7) is 5.16. The summed E-state index contributed by atoms with van der Waals surface area (Å²) in [6.07, 6.45) is 0.00978. The van der Waals surface area contributed by atoms with Crippen molar-refractivity contribution in [3.8, 4) is 0 Å². The van der Waals surface area contributed by atoms with Crippen molar-refractivity contribution < 1.29 is 14.6 Å². The van der Waals surface area contributed by atoms with Gasteiger partial charge in [-0.25, -0.2) is 4.98 Å². The third-order valence-corrected chi connectivity index (χ3v) is 4.09. The van der Waals surface area contributed by atoms with Gasteiger partial charge in [0.15, 0.2) is 5.16 Å². The molecule has 1 aromatic carbocycles. The van der Waals surface area contributed by atoms with Gasteiger partial charge in [0.25, 0.3) is 0 Å². The summed E-state index contributed by atoms with van der Waals surface area (Å²) in [7, 11) is 0. The van der Waals surface area contributed by atoms with Crippen LogP contribution in [0.1, 0.15) is 13.8 Å². The number of nitrogens with zero attached hydrogens (tertiary/aromatic N) is 2. The summed E-state index contributed by atoms with van der Waals surface area (Å²) in [5, 5.41) is 10.1. The van der Waals surface area contributed by atoms with Crippen LogP contribution in [-0.2, 0) is 16.1 Å². The van der Waals surface area contributed by atoms with Crippen LogP contribution in [0.4, 0.5) is 0 Å². The average molecular weight is 329 g/mol. The molecule has 0 saturated heterocycles. The van der Waals surface area contributed by atoms with Crippen LogP contribution in [0.2, 0.25) is 5.02 Å². The predicted molar refractivity (Wildman–Crippen MR) is 84.2 cm³/mol. The van der Waals surface area contributed by atoms with Gasteiger partial charge in [-0.15, -0.1) is 0 Å². The number of halogens is 1. The first-order chi connectivity index (χ1) is 10.0. The maximum absolute atomic E-state index is 10.8. The molecule has 0 bridgehead atoms. The molecule has 1 atom stereocenters. The minimum atomic E-state index is -0.866. The van der Waals surface area contributed by atoms with E-state index in [0.29, 0.717) is 23.3 Å². The Hall–Kier alpha value is -1.24. The summed E-state index contributed by atoms with van der Waals surface area (Å²) in [5.74, 6) is -0.894. The van der Waals surface area contributed by atoms with Gasteiger partial charge >= 0.3 is 5.97 Å². The molecule has 0 aliphatic carbocycles. The molecule has 0 saturated carbocycles. The molecule has 0 amide bonds. The number of aliphatic carboxylic acids is 1. The molecule has 114 valence electrons. The van der Waals surface area contributed by atoms with Crippen molar-refractivity contribution in [3.05, 3.63) is 23.2 Å². The largest absolute Gasteiger partial charge is 0.481 e. The minimum absolute atomic E-state index is 0.00978. The normalized spacial score (nSPS) is 12.7. The topological polar surface area (TPSA) is 64.3 Å². The van der Waals surface area contributed by atoms with Crippen molar-refractivity contribution in [3.63, 3.8) is 0 Å². The maximum Gasteiger partial charge on any atom is 0.313 e. The molecule has 0 fully saturated rings. The molecule has 1 heterocycles. The summed E-state index contributed by atoms with van der Waals surface area (Å²) in [6, 6.07) is 5.45. The van der Waals surface area contributed by atoms with Crippen molar-refractivity contribution in [1.29, 1.82) is 0 Å². The molecule has 2 aromatic rings. The Morgan fingerprint density at radius 3 is 3.00 bits per heavy atom. The number of fused-ring (bicyclic) bond motifs is 1. The molecule has 0 aliphatic rings. The van der Waals surface area contributed by atoms with Gasteiger partial charge in [-0.05, 0) is 32.0 Å². The van der Waals surface area contributed by atoms with E-state index < -0.39 is 5.97 Å². The fourth-order valence-electron chi connectivity index (χ4n) is 2.08. The van der Waals surface area contributed by atoms with Gasteiger partial charge in [-0.1, -0.05) is 23.4 Å². The number of carbonyl (C=O) groups is 1. The SMILES string of the molecule is CCOC(C)Cn1c(SCC(=O)O)nc2ccc(Cl)cc21. The molecule has 1 unspecified atom stereocenters. The number of carboxylic acids is 1. The zero-order valence-electron chi connectivity index (χ0n) is 11.9. The molecule has 1 aromatic heterocycles. The van der Waals surface area contributed by atoms with Crippen molar-refractivity contribution in [2.24, 2.45) is 0 Å². The predicted octanol–water partition coefficient (Wildman–Crippen LogP) is 3.29. The molecule has 1 N–H and O–H groups in total. The molecule has 0 spiro atoms. The van der Waals surface area contributed by atoms with E-state index in [1.165, 1.54) is 11.8 Å². The standard InChI is InChI=1S/C14H17ClN2O3S/c1-3-20-9(2)7-17-12-6-10(15)4-5-11(12)16-14(17)21-8-13(18)19/h4-6,9H,3,7-8H2,1-2H3,(H,18,19). The Morgan fingerprint density at radius 1 is 1.57 bits per heavy atom. The highest BCUT2D eigenvalue weighted by atomic mass is 35.5. The molecule has 0 aliphatic heterocycles. The molecular formula is C14H17ClN2O3S. The first kappa shape index (κ1) is 16.1. The first-order valence-electron chi connectivity index (χ1n) is 6.63. The van der Waals surface area contributed by atoms with Crippen LogP contribution >= 0.6 is 23.4 Å². The summed E-state index contributed by atoms with van der Waals surface area (Å²) in [4.78, 5) is 15.3. The molecule has 2 rings (SSSR count). The van der Waals surface area contributed by atoms with Gasteiger partial charge in [0, 0.05) is 11.6 Å². The molecule has 5 nitrogen and oxygen atoms in total. The lowest BCUT2D eigenvalue weighted by Crippen LogP contribution is -2.17.